The molecule has 0 spiro atoms. The van der Waals surface area contributed by atoms with Crippen molar-refractivity contribution in [3.05, 3.63) is 59.5 Å². The quantitative estimate of drug-likeness (QED) is 0.175. The lowest BCUT2D eigenvalue weighted by Gasteiger charge is -2.13. The maximum absolute atomic E-state index is 4.11. The highest BCUT2D eigenvalue weighted by atomic mass is 32.2. The van der Waals surface area contributed by atoms with Gasteiger partial charge in [-0.05, 0) is 6.92 Å². The molecule has 4 heteroatoms. The first-order chi connectivity index (χ1) is 10.1. The van der Waals surface area contributed by atoms with Gasteiger partial charge in [0.2, 0.25) is 0 Å². The van der Waals surface area contributed by atoms with Crippen LogP contribution in [0.1, 0.15) is 12.5 Å². The fraction of sp³-hybridized carbons (Fsp3) is 0.235. The monoisotopic (exact) mass is 318 g/mol. The van der Waals surface area contributed by atoms with Crippen molar-refractivity contribution in [2.24, 2.45) is 4.99 Å². The number of hydrogen-bond donors (Lipinski definition) is 0. The fourth-order valence-electron chi connectivity index (χ4n) is 1.65. The number of hydrogen-bond acceptors (Lipinski definition) is 3. The van der Waals surface area contributed by atoms with E-state index in [1.165, 1.54) is 10.5 Å². The Hall–Kier alpha value is -1.39. The van der Waals surface area contributed by atoms with Crippen molar-refractivity contribution < 1.29 is 4.58 Å². The third kappa shape index (κ3) is 6.27. The SMILES string of the molecule is C=C(SCSc1ccccc1[CH-][N+](=C)C)/C(C=NC)=C\C. The van der Waals surface area contributed by atoms with Gasteiger partial charge in [0.15, 0.2) is 0 Å². The second kappa shape index (κ2) is 9.53. The van der Waals surface area contributed by atoms with Crippen LogP contribution in [0.5, 0.6) is 0 Å². The van der Waals surface area contributed by atoms with Crippen LogP contribution in [-0.2, 0) is 0 Å². The zero-order valence-electron chi connectivity index (χ0n) is 12.9. The van der Waals surface area contributed by atoms with Crippen LogP contribution in [0.4, 0.5) is 0 Å². The number of nitrogens with zero attached hydrogens (tertiary/aromatic N) is 2. The van der Waals surface area contributed by atoms with Crippen molar-refractivity contribution in [1.82, 2.24) is 0 Å². The van der Waals surface area contributed by atoms with Crippen molar-refractivity contribution in [3.8, 4) is 0 Å². The minimum absolute atomic E-state index is 0.916. The molecular formula is C17H22N2S2. The van der Waals surface area contributed by atoms with Crippen LogP contribution in [0.15, 0.2) is 57.3 Å². The van der Waals surface area contributed by atoms with Crippen LogP contribution in [0.3, 0.4) is 0 Å². The van der Waals surface area contributed by atoms with Gasteiger partial charge in [-0.15, -0.1) is 23.9 Å². The molecule has 0 aliphatic rings. The van der Waals surface area contributed by atoms with E-state index < -0.39 is 0 Å². The van der Waals surface area contributed by atoms with Crippen LogP contribution in [-0.4, -0.2) is 36.7 Å². The predicted molar refractivity (Wildman–Crippen MR) is 98.8 cm³/mol. The summed E-state index contributed by atoms with van der Waals surface area (Å²) < 4.78 is 1.82. The second-order valence-corrected chi connectivity index (χ2v) is 6.84. The molecule has 0 amide bonds. The molecule has 0 bridgehead atoms. The Morgan fingerprint density at radius 3 is 2.76 bits per heavy atom. The highest BCUT2D eigenvalue weighted by molar-refractivity contribution is 8.17. The van der Waals surface area contributed by atoms with Gasteiger partial charge in [0.25, 0.3) is 0 Å². The molecule has 0 unspecified atom stereocenters. The van der Waals surface area contributed by atoms with E-state index in [1.807, 2.05) is 55.2 Å². The number of rotatable bonds is 8. The Balaban J connectivity index is 2.60. The van der Waals surface area contributed by atoms with E-state index in [9.17, 15) is 0 Å². The second-order valence-electron chi connectivity index (χ2n) is 4.38. The van der Waals surface area contributed by atoms with Crippen LogP contribution in [0.25, 0.3) is 0 Å². The van der Waals surface area contributed by atoms with E-state index in [0.29, 0.717) is 0 Å². The van der Waals surface area contributed by atoms with E-state index in [2.05, 4.69) is 36.5 Å². The molecule has 21 heavy (non-hydrogen) atoms. The normalized spacial score (nSPS) is 11.7. The summed E-state index contributed by atoms with van der Waals surface area (Å²) in [6, 6.07) is 8.34. The molecule has 0 fully saturated rings. The summed E-state index contributed by atoms with van der Waals surface area (Å²) in [5, 5.41) is 0.916. The molecule has 0 N–H and O–H groups in total. The molecule has 0 saturated heterocycles. The average Bonchev–Trinajstić information content (AvgIpc) is 2.45. The number of thioether (sulfide) groups is 2. The molecule has 1 aromatic rings. The van der Waals surface area contributed by atoms with Crippen LogP contribution in [0.2, 0.25) is 0 Å². The Bertz CT molecular complexity index is 560. The van der Waals surface area contributed by atoms with Gasteiger partial charge in [-0.3, -0.25) is 9.57 Å². The van der Waals surface area contributed by atoms with Gasteiger partial charge in [0, 0.05) is 28.8 Å². The third-order valence-electron chi connectivity index (χ3n) is 2.63. The molecule has 1 rings (SSSR count). The summed E-state index contributed by atoms with van der Waals surface area (Å²) in [5.74, 6) is 0. The summed E-state index contributed by atoms with van der Waals surface area (Å²) in [7, 11) is 3.71. The lowest BCUT2D eigenvalue weighted by molar-refractivity contribution is -0.439. The molecule has 0 radical (unpaired) electrons. The molecule has 0 aliphatic heterocycles. The molecule has 0 atom stereocenters. The first-order valence-electron chi connectivity index (χ1n) is 6.59. The van der Waals surface area contributed by atoms with Crippen molar-refractivity contribution in [2.45, 2.75) is 11.8 Å². The van der Waals surface area contributed by atoms with Gasteiger partial charge in [-0.2, -0.15) is 11.8 Å². The topological polar surface area (TPSA) is 15.4 Å². The zero-order valence-corrected chi connectivity index (χ0v) is 14.5. The van der Waals surface area contributed by atoms with Crippen LogP contribution < -0.4 is 0 Å². The minimum atomic E-state index is 0.916. The molecule has 0 aliphatic carbocycles. The maximum atomic E-state index is 4.11. The van der Waals surface area contributed by atoms with Gasteiger partial charge in [-0.25, -0.2) is 0 Å². The van der Waals surface area contributed by atoms with Gasteiger partial charge in [-0.1, -0.05) is 35.2 Å². The molecule has 0 aromatic heterocycles. The lowest BCUT2D eigenvalue weighted by Crippen LogP contribution is -2.00. The van der Waals surface area contributed by atoms with E-state index in [-0.39, 0.29) is 0 Å². The van der Waals surface area contributed by atoms with Gasteiger partial charge in [0.05, 0.1) is 13.3 Å². The van der Waals surface area contributed by atoms with Crippen molar-refractivity contribution in [3.63, 3.8) is 0 Å². The summed E-state index contributed by atoms with van der Waals surface area (Å²) >= 11 is 3.55. The van der Waals surface area contributed by atoms with Crippen molar-refractivity contribution >= 4 is 36.5 Å². The van der Waals surface area contributed by atoms with E-state index in [1.54, 1.807) is 18.8 Å². The number of benzene rings is 1. The lowest BCUT2D eigenvalue weighted by atomic mass is 10.2. The summed E-state index contributed by atoms with van der Waals surface area (Å²) in [6.45, 7) is 12.0. The highest BCUT2D eigenvalue weighted by Crippen LogP contribution is 2.31. The van der Waals surface area contributed by atoms with Gasteiger partial charge >= 0.3 is 0 Å². The van der Waals surface area contributed by atoms with E-state index in [4.69, 9.17) is 0 Å². The Kier molecular flexibility index (Phi) is 8.01. The first kappa shape index (κ1) is 17.7. The molecular weight excluding hydrogens is 296 g/mol. The molecule has 112 valence electrons. The third-order valence-corrected chi connectivity index (χ3v) is 4.84. The smallest absolute Gasteiger partial charge is 0.120 e. The Labute approximate surface area is 136 Å². The van der Waals surface area contributed by atoms with Crippen LogP contribution >= 0.6 is 23.5 Å². The zero-order chi connectivity index (χ0) is 15.7. The predicted octanol–water partition coefficient (Wildman–Crippen LogP) is 4.48. The Morgan fingerprint density at radius 1 is 1.43 bits per heavy atom. The Morgan fingerprint density at radius 2 is 2.14 bits per heavy atom. The minimum Gasteiger partial charge on any atom is -0.296 e. The number of aliphatic imine (C=N–C) groups is 1. The average molecular weight is 319 g/mol. The summed E-state index contributed by atoms with van der Waals surface area (Å²) in [6.07, 6.45) is 3.88. The molecule has 0 saturated carbocycles. The summed E-state index contributed by atoms with van der Waals surface area (Å²) in [4.78, 5) is 6.35. The van der Waals surface area contributed by atoms with Gasteiger partial charge < -0.3 is 0 Å². The van der Waals surface area contributed by atoms with Crippen molar-refractivity contribution in [2.75, 3.05) is 19.2 Å². The largest absolute Gasteiger partial charge is 0.296 e. The summed E-state index contributed by atoms with van der Waals surface area (Å²) in [5.41, 5.74) is 2.27. The molecule has 0 heterocycles. The van der Waals surface area contributed by atoms with Crippen molar-refractivity contribution in [1.29, 1.82) is 0 Å². The highest BCUT2D eigenvalue weighted by Gasteiger charge is 2.02. The molecule has 1 aromatic carbocycles. The van der Waals surface area contributed by atoms with Gasteiger partial charge in [0.1, 0.15) is 7.05 Å². The molecule has 2 nitrogen and oxygen atoms in total. The standard InChI is InChI=1S/C17H22N2S2/c1-6-15(11-18-3)14(2)20-13-21-17-10-8-7-9-16(17)12-19(4)5/h6-12H,2,4,13H2,1,3,5H3/b15-6-,18-11?. The van der Waals surface area contributed by atoms with Crippen LogP contribution in [0, 0.1) is 6.54 Å². The van der Waals surface area contributed by atoms with E-state index in [0.717, 1.165) is 15.6 Å². The fourth-order valence-corrected chi connectivity index (χ4v) is 3.76. The first-order valence-corrected chi connectivity index (χ1v) is 8.56. The number of allylic oxidation sites excluding steroid dienone is 2. The van der Waals surface area contributed by atoms with E-state index >= 15 is 0 Å². The maximum Gasteiger partial charge on any atom is 0.120 e.